The quantitative estimate of drug-likeness (QED) is 0.365. The first-order valence-corrected chi connectivity index (χ1v) is 7.21. The van der Waals surface area contributed by atoms with Crippen LogP contribution < -0.4 is 0 Å². The molecule has 0 amide bonds. The van der Waals surface area contributed by atoms with Gasteiger partial charge in [-0.1, -0.05) is 11.6 Å². The number of carbonyl (C=O) groups is 3. The molecule has 0 atom stereocenters. The number of unbranched alkanes of at least 4 members (excludes halogenated alkanes) is 2. The Hall–Kier alpha value is -2.11. The summed E-state index contributed by atoms with van der Waals surface area (Å²) in [6.45, 7) is 4.93. The normalized spacial score (nSPS) is 12.6. The van der Waals surface area contributed by atoms with Gasteiger partial charge in [0.2, 0.25) is 0 Å². The molecular weight excluding hydrogens is 288 g/mol. The summed E-state index contributed by atoms with van der Waals surface area (Å²) in [5.74, 6) is -2.40. The van der Waals surface area contributed by atoms with E-state index in [2.05, 4.69) is 0 Å². The van der Waals surface area contributed by atoms with Crippen molar-refractivity contribution >= 4 is 17.9 Å². The van der Waals surface area contributed by atoms with Crippen molar-refractivity contribution in [2.24, 2.45) is 0 Å². The third-order valence-electron chi connectivity index (χ3n) is 3.29. The van der Waals surface area contributed by atoms with Crippen LogP contribution in [0.4, 0.5) is 0 Å². The van der Waals surface area contributed by atoms with Crippen LogP contribution in [-0.4, -0.2) is 34.7 Å². The zero-order valence-corrected chi connectivity index (χ0v) is 13.3. The molecular formula is C16H24O6. The van der Waals surface area contributed by atoms with E-state index in [4.69, 9.17) is 14.9 Å². The minimum atomic E-state index is -1.00. The molecule has 0 aliphatic carbocycles. The zero-order valence-electron chi connectivity index (χ0n) is 13.3. The van der Waals surface area contributed by atoms with Gasteiger partial charge in [-0.05, 0) is 46.5 Å². The fraction of sp³-hybridized carbons (Fsp3) is 0.562. The van der Waals surface area contributed by atoms with Crippen molar-refractivity contribution in [2.45, 2.75) is 52.9 Å². The van der Waals surface area contributed by atoms with Crippen LogP contribution in [0.2, 0.25) is 0 Å². The molecule has 0 bridgehead atoms. The van der Waals surface area contributed by atoms with E-state index < -0.39 is 17.9 Å². The van der Waals surface area contributed by atoms with E-state index in [1.807, 2.05) is 6.92 Å². The van der Waals surface area contributed by atoms with Gasteiger partial charge >= 0.3 is 17.9 Å². The van der Waals surface area contributed by atoms with Gasteiger partial charge in [-0.25, -0.2) is 9.59 Å². The lowest BCUT2D eigenvalue weighted by Crippen LogP contribution is -2.11. The van der Waals surface area contributed by atoms with Crippen LogP contribution in [-0.2, 0) is 19.1 Å². The monoisotopic (exact) mass is 312 g/mol. The molecule has 22 heavy (non-hydrogen) atoms. The molecule has 0 rings (SSSR count). The summed E-state index contributed by atoms with van der Waals surface area (Å²) in [6, 6.07) is 0. The Morgan fingerprint density at radius 3 is 2.18 bits per heavy atom. The van der Waals surface area contributed by atoms with Gasteiger partial charge in [-0.15, -0.1) is 0 Å². The van der Waals surface area contributed by atoms with Crippen LogP contribution in [0.1, 0.15) is 52.9 Å². The van der Waals surface area contributed by atoms with Gasteiger partial charge in [0.25, 0.3) is 0 Å². The molecule has 0 heterocycles. The summed E-state index contributed by atoms with van der Waals surface area (Å²) < 4.78 is 4.87. The van der Waals surface area contributed by atoms with E-state index >= 15 is 0 Å². The van der Waals surface area contributed by atoms with Crippen LogP contribution in [0, 0.1) is 0 Å². The summed E-state index contributed by atoms with van der Waals surface area (Å²) in [6.07, 6.45) is 4.58. The highest BCUT2D eigenvalue weighted by Gasteiger charge is 2.10. The van der Waals surface area contributed by atoms with Crippen LogP contribution in [0.3, 0.4) is 0 Å². The van der Waals surface area contributed by atoms with Gasteiger partial charge in [0, 0.05) is 11.1 Å². The molecule has 0 aromatic carbocycles. The van der Waals surface area contributed by atoms with Crippen LogP contribution >= 0.6 is 0 Å². The molecule has 6 nitrogen and oxygen atoms in total. The smallest absolute Gasteiger partial charge is 0.333 e. The van der Waals surface area contributed by atoms with Crippen molar-refractivity contribution in [3.05, 3.63) is 22.8 Å². The Kier molecular flexibility index (Phi) is 9.58. The minimum absolute atomic E-state index is 0.127. The Bertz CT molecular complexity index is 473. The molecule has 0 fully saturated rings. The predicted octanol–water partition coefficient (Wildman–Crippen LogP) is 2.93. The Morgan fingerprint density at radius 2 is 1.64 bits per heavy atom. The first kappa shape index (κ1) is 19.9. The molecule has 0 aliphatic rings. The minimum Gasteiger partial charge on any atom is -0.481 e. The van der Waals surface area contributed by atoms with Gasteiger partial charge in [0.15, 0.2) is 0 Å². The number of aliphatic carboxylic acids is 2. The number of carboxylic acid groups (broad SMARTS) is 2. The summed E-state index contributed by atoms with van der Waals surface area (Å²) in [4.78, 5) is 32.6. The molecule has 0 radical (unpaired) electrons. The molecule has 124 valence electrons. The second-order valence-corrected chi connectivity index (χ2v) is 5.12. The van der Waals surface area contributed by atoms with Crippen molar-refractivity contribution < 1.29 is 29.3 Å². The van der Waals surface area contributed by atoms with Gasteiger partial charge in [-0.3, -0.25) is 4.79 Å². The van der Waals surface area contributed by atoms with E-state index in [1.165, 1.54) is 0 Å². The number of esters is 1. The maximum absolute atomic E-state index is 11.7. The van der Waals surface area contributed by atoms with E-state index in [0.29, 0.717) is 17.6 Å². The lowest BCUT2D eigenvalue weighted by Gasteiger charge is -2.07. The number of hydrogen-bond acceptors (Lipinski definition) is 4. The van der Waals surface area contributed by atoms with Gasteiger partial charge in [0.1, 0.15) is 6.61 Å². The lowest BCUT2D eigenvalue weighted by molar-refractivity contribution is -0.143. The molecule has 0 aromatic rings. The first-order valence-electron chi connectivity index (χ1n) is 7.21. The van der Waals surface area contributed by atoms with E-state index in [-0.39, 0.29) is 13.0 Å². The second kappa shape index (κ2) is 10.6. The number of carbonyl (C=O) groups excluding carboxylic acids is 1. The maximum atomic E-state index is 11.7. The van der Waals surface area contributed by atoms with E-state index in [9.17, 15) is 14.4 Å². The van der Waals surface area contributed by atoms with Gasteiger partial charge < -0.3 is 14.9 Å². The maximum Gasteiger partial charge on any atom is 0.333 e. The number of ether oxygens (including phenoxy) is 1. The highest BCUT2D eigenvalue weighted by molar-refractivity contribution is 5.88. The molecule has 6 heteroatoms. The number of rotatable bonds is 10. The number of allylic oxidation sites excluding steroid dienone is 2. The van der Waals surface area contributed by atoms with Crippen molar-refractivity contribution in [3.63, 3.8) is 0 Å². The summed E-state index contributed by atoms with van der Waals surface area (Å²) >= 11 is 0. The second-order valence-electron chi connectivity index (χ2n) is 5.12. The third-order valence-corrected chi connectivity index (χ3v) is 3.29. The van der Waals surface area contributed by atoms with Crippen molar-refractivity contribution in [1.29, 1.82) is 0 Å². The third kappa shape index (κ3) is 8.94. The predicted molar refractivity (Wildman–Crippen MR) is 81.4 cm³/mol. The van der Waals surface area contributed by atoms with Gasteiger partial charge in [-0.2, -0.15) is 0 Å². The molecule has 0 unspecified atom stereocenters. The Morgan fingerprint density at radius 1 is 1.00 bits per heavy atom. The number of carboxylic acids is 2. The van der Waals surface area contributed by atoms with Crippen LogP contribution in [0.15, 0.2) is 22.8 Å². The SMILES string of the molecule is CC(=CCCCCC(C)=C(C)C(=O)OCCC(=O)O)C(=O)O. The van der Waals surface area contributed by atoms with Crippen molar-refractivity contribution in [1.82, 2.24) is 0 Å². The summed E-state index contributed by atoms with van der Waals surface area (Å²) in [5, 5.41) is 17.2. The highest BCUT2D eigenvalue weighted by atomic mass is 16.5. The molecule has 0 spiro atoms. The summed E-state index contributed by atoms with van der Waals surface area (Å²) in [5.41, 5.74) is 1.74. The van der Waals surface area contributed by atoms with Crippen LogP contribution in [0.5, 0.6) is 0 Å². The largest absolute Gasteiger partial charge is 0.481 e. The van der Waals surface area contributed by atoms with Crippen molar-refractivity contribution in [2.75, 3.05) is 6.61 Å². The first-order chi connectivity index (χ1) is 10.3. The molecule has 0 aliphatic heterocycles. The topological polar surface area (TPSA) is 101 Å². The lowest BCUT2D eigenvalue weighted by atomic mass is 10.0. The Balaban J connectivity index is 4.13. The van der Waals surface area contributed by atoms with Crippen molar-refractivity contribution in [3.8, 4) is 0 Å². The molecule has 0 saturated heterocycles. The van der Waals surface area contributed by atoms with Gasteiger partial charge in [0.05, 0.1) is 6.42 Å². The zero-order chi connectivity index (χ0) is 17.1. The summed E-state index contributed by atoms with van der Waals surface area (Å²) in [7, 11) is 0. The Labute approximate surface area is 130 Å². The average molecular weight is 312 g/mol. The highest BCUT2D eigenvalue weighted by Crippen LogP contribution is 2.15. The molecule has 0 aromatic heterocycles. The fourth-order valence-electron chi connectivity index (χ4n) is 1.64. The average Bonchev–Trinajstić information content (AvgIpc) is 2.44. The molecule has 2 N–H and O–H groups in total. The molecule has 0 saturated carbocycles. The number of hydrogen-bond donors (Lipinski definition) is 2. The van der Waals surface area contributed by atoms with E-state index in [1.54, 1.807) is 19.9 Å². The van der Waals surface area contributed by atoms with E-state index in [0.717, 1.165) is 24.8 Å². The van der Waals surface area contributed by atoms with Crippen LogP contribution in [0.25, 0.3) is 0 Å². The standard InChI is InChI=1S/C16H24O6/c1-11(7-5-4-6-8-12(2)15(19)20)13(3)16(21)22-10-9-14(17)18/h8H,4-7,9-10H2,1-3H3,(H,17,18)(H,19,20). The fourth-order valence-corrected chi connectivity index (χ4v) is 1.64.